The molecule has 1 atom stereocenters. The first-order chi connectivity index (χ1) is 8.39. The van der Waals surface area contributed by atoms with Crippen molar-refractivity contribution in [2.45, 2.75) is 76.5 Å². The fourth-order valence-electron chi connectivity index (χ4n) is 2.62. The van der Waals surface area contributed by atoms with Gasteiger partial charge in [0.2, 0.25) is 0 Å². The topological polar surface area (TPSA) is 50.4 Å². The lowest BCUT2D eigenvalue weighted by Crippen LogP contribution is -2.46. The molecule has 0 radical (unpaired) electrons. The van der Waals surface area contributed by atoms with Crippen molar-refractivity contribution in [3.05, 3.63) is 0 Å². The Morgan fingerprint density at radius 2 is 2.11 bits per heavy atom. The van der Waals surface area contributed by atoms with E-state index in [1.165, 1.54) is 19.3 Å². The van der Waals surface area contributed by atoms with Crippen LogP contribution in [0, 0.1) is 0 Å². The molecule has 4 heteroatoms. The summed E-state index contributed by atoms with van der Waals surface area (Å²) in [5.74, 6) is 0. The summed E-state index contributed by atoms with van der Waals surface area (Å²) in [6.07, 6.45) is 6.78. The summed E-state index contributed by atoms with van der Waals surface area (Å²) in [4.78, 5) is 11.8. The van der Waals surface area contributed by atoms with Crippen LogP contribution in [0.4, 0.5) is 4.79 Å². The lowest BCUT2D eigenvalue weighted by atomic mass is 9.97. The van der Waals surface area contributed by atoms with Crippen LogP contribution in [0.25, 0.3) is 0 Å². The van der Waals surface area contributed by atoms with Gasteiger partial charge in [-0.3, -0.25) is 0 Å². The maximum absolute atomic E-state index is 11.8. The third-order valence-electron chi connectivity index (χ3n) is 3.67. The molecule has 1 aliphatic heterocycles. The van der Waals surface area contributed by atoms with E-state index in [-0.39, 0.29) is 11.6 Å². The van der Waals surface area contributed by atoms with E-state index in [1.807, 2.05) is 20.8 Å². The Morgan fingerprint density at radius 3 is 2.61 bits per heavy atom. The molecule has 0 bridgehead atoms. The summed E-state index contributed by atoms with van der Waals surface area (Å²) < 4.78 is 5.33. The van der Waals surface area contributed by atoms with E-state index in [2.05, 4.69) is 10.6 Å². The molecule has 0 aromatic heterocycles. The highest BCUT2D eigenvalue weighted by atomic mass is 16.6. The van der Waals surface area contributed by atoms with Gasteiger partial charge in [-0.1, -0.05) is 6.42 Å². The first-order valence-corrected chi connectivity index (χ1v) is 7.13. The Labute approximate surface area is 110 Å². The van der Waals surface area contributed by atoms with Crippen LogP contribution in [0.5, 0.6) is 0 Å². The van der Waals surface area contributed by atoms with Crippen molar-refractivity contribution in [1.82, 2.24) is 10.6 Å². The van der Waals surface area contributed by atoms with Gasteiger partial charge < -0.3 is 15.4 Å². The number of hydrogen-bond acceptors (Lipinski definition) is 3. The van der Waals surface area contributed by atoms with E-state index >= 15 is 0 Å². The van der Waals surface area contributed by atoms with Gasteiger partial charge in [0.15, 0.2) is 0 Å². The highest BCUT2D eigenvalue weighted by Crippen LogP contribution is 2.40. The van der Waals surface area contributed by atoms with Crippen LogP contribution in [0.1, 0.15) is 59.3 Å². The summed E-state index contributed by atoms with van der Waals surface area (Å²) >= 11 is 0. The molecule has 1 aliphatic carbocycles. The minimum Gasteiger partial charge on any atom is -0.444 e. The molecule has 1 saturated heterocycles. The monoisotopic (exact) mass is 254 g/mol. The quantitative estimate of drug-likeness (QED) is 0.814. The zero-order chi connectivity index (χ0) is 13.2. The zero-order valence-corrected chi connectivity index (χ0v) is 11.8. The maximum atomic E-state index is 11.8. The molecule has 2 N–H and O–H groups in total. The minimum absolute atomic E-state index is 0.0112. The average molecular weight is 254 g/mol. The third kappa shape index (κ3) is 4.16. The predicted octanol–water partition coefficient (Wildman–Crippen LogP) is 2.58. The van der Waals surface area contributed by atoms with Gasteiger partial charge in [0.05, 0.1) is 0 Å². The van der Waals surface area contributed by atoms with Crippen LogP contribution in [-0.4, -0.2) is 29.8 Å². The first-order valence-electron chi connectivity index (χ1n) is 7.13. The van der Waals surface area contributed by atoms with Crippen molar-refractivity contribution in [2.75, 3.05) is 6.54 Å². The van der Waals surface area contributed by atoms with Crippen molar-refractivity contribution in [1.29, 1.82) is 0 Å². The zero-order valence-electron chi connectivity index (χ0n) is 11.8. The van der Waals surface area contributed by atoms with Crippen LogP contribution < -0.4 is 10.6 Å². The average Bonchev–Trinajstić information content (AvgIpc) is 2.95. The van der Waals surface area contributed by atoms with Crippen LogP contribution in [0.2, 0.25) is 0 Å². The number of alkyl carbamates (subject to hydrolysis) is 1. The van der Waals surface area contributed by atoms with E-state index in [0.717, 1.165) is 25.8 Å². The smallest absolute Gasteiger partial charge is 0.408 e. The highest BCUT2D eigenvalue weighted by Gasteiger charge is 2.46. The van der Waals surface area contributed by atoms with Gasteiger partial charge in [-0.2, -0.15) is 0 Å². The number of amides is 1. The van der Waals surface area contributed by atoms with Gasteiger partial charge in [0, 0.05) is 11.6 Å². The van der Waals surface area contributed by atoms with E-state index in [9.17, 15) is 4.79 Å². The van der Waals surface area contributed by atoms with Crippen LogP contribution in [-0.2, 0) is 4.74 Å². The summed E-state index contributed by atoms with van der Waals surface area (Å²) in [6, 6.07) is 0.566. The van der Waals surface area contributed by atoms with Crippen LogP contribution >= 0.6 is 0 Å². The van der Waals surface area contributed by atoms with Crippen molar-refractivity contribution < 1.29 is 9.53 Å². The SMILES string of the molecule is CC(C)(C)OC(=O)NC1(CC2CCCCN2)CC1. The number of ether oxygens (including phenoxy) is 1. The normalized spacial score (nSPS) is 26.5. The molecule has 1 unspecified atom stereocenters. The Kier molecular flexibility index (Phi) is 3.85. The Morgan fingerprint density at radius 1 is 1.39 bits per heavy atom. The summed E-state index contributed by atoms with van der Waals surface area (Å²) in [5, 5.41) is 6.61. The van der Waals surface area contributed by atoms with Crippen molar-refractivity contribution >= 4 is 6.09 Å². The molecule has 2 fully saturated rings. The van der Waals surface area contributed by atoms with Crippen molar-refractivity contribution in [2.24, 2.45) is 0 Å². The van der Waals surface area contributed by atoms with Gasteiger partial charge in [-0.25, -0.2) is 4.79 Å². The standard InChI is InChI=1S/C14H26N2O2/c1-13(2,3)18-12(17)16-14(7-8-14)10-11-6-4-5-9-15-11/h11,15H,4-10H2,1-3H3,(H,16,17). The molecule has 18 heavy (non-hydrogen) atoms. The largest absolute Gasteiger partial charge is 0.444 e. The summed E-state index contributed by atoms with van der Waals surface area (Å²) in [7, 11) is 0. The second-order valence-corrected chi connectivity index (χ2v) is 6.76. The molecule has 4 nitrogen and oxygen atoms in total. The minimum atomic E-state index is -0.413. The van der Waals surface area contributed by atoms with E-state index < -0.39 is 5.60 Å². The Balaban J connectivity index is 1.79. The second kappa shape index (κ2) is 5.08. The van der Waals surface area contributed by atoms with Gasteiger partial charge in [0.1, 0.15) is 5.60 Å². The molecule has 0 aromatic carbocycles. The molecule has 1 heterocycles. The number of carbonyl (C=O) groups is 1. The van der Waals surface area contributed by atoms with E-state index in [4.69, 9.17) is 4.74 Å². The number of rotatable bonds is 3. The van der Waals surface area contributed by atoms with Crippen LogP contribution in [0.15, 0.2) is 0 Å². The van der Waals surface area contributed by atoms with Gasteiger partial charge in [0.25, 0.3) is 0 Å². The van der Waals surface area contributed by atoms with E-state index in [0.29, 0.717) is 6.04 Å². The maximum Gasteiger partial charge on any atom is 0.408 e. The predicted molar refractivity (Wildman–Crippen MR) is 71.6 cm³/mol. The number of hydrogen-bond donors (Lipinski definition) is 2. The Hall–Kier alpha value is -0.770. The van der Waals surface area contributed by atoms with Crippen molar-refractivity contribution in [3.8, 4) is 0 Å². The lowest BCUT2D eigenvalue weighted by Gasteiger charge is -2.29. The van der Waals surface area contributed by atoms with Crippen LogP contribution in [0.3, 0.4) is 0 Å². The molecule has 0 aromatic rings. The summed E-state index contributed by atoms with van der Waals surface area (Å²) in [5.41, 5.74) is -0.402. The number of nitrogens with one attached hydrogen (secondary N) is 2. The molecule has 2 rings (SSSR count). The second-order valence-electron chi connectivity index (χ2n) is 6.76. The lowest BCUT2D eigenvalue weighted by molar-refractivity contribution is 0.0489. The van der Waals surface area contributed by atoms with E-state index in [1.54, 1.807) is 0 Å². The number of piperidine rings is 1. The molecule has 104 valence electrons. The fraction of sp³-hybridized carbons (Fsp3) is 0.929. The first kappa shape index (κ1) is 13.7. The fourth-order valence-corrected chi connectivity index (χ4v) is 2.62. The molecule has 1 amide bonds. The molecular weight excluding hydrogens is 228 g/mol. The van der Waals surface area contributed by atoms with Gasteiger partial charge >= 0.3 is 6.09 Å². The van der Waals surface area contributed by atoms with Crippen molar-refractivity contribution in [3.63, 3.8) is 0 Å². The number of carbonyl (C=O) groups excluding carboxylic acids is 1. The Bertz CT molecular complexity index is 299. The van der Waals surface area contributed by atoms with Gasteiger partial charge in [-0.05, 0) is 59.4 Å². The molecular formula is C14H26N2O2. The molecule has 1 saturated carbocycles. The summed E-state index contributed by atoms with van der Waals surface area (Å²) in [6.45, 7) is 6.81. The molecule has 2 aliphatic rings. The molecule has 0 spiro atoms. The third-order valence-corrected chi connectivity index (χ3v) is 3.67. The highest BCUT2D eigenvalue weighted by molar-refractivity contribution is 5.69. The van der Waals surface area contributed by atoms with Gasteiger partial charge in [-0.15, -0.1) is 0 Å².